The number of aliphatic imine (C=N–C) groups is 1. The van der Waals surface area contributed by atoms with Crippen LogP contribution in [-0.4, -0.2) is 19.1 Å². The first kappa shape index (κ1) is 16.3. The van der Waals surface area contributed by atoms with Crippen LogP contribution in [0.25, 0.3) is 5.57 Å². The lowest BCUT2D eigenvalue weighted by atomic mass is 10.00. The van der Waals surface area contributed by atoms with Crippen LogP contribution in [0.1, 0.15) is 32.3 Å². The molecule has 110 valence electrons. The van der Waals surface area contributed by atoms with Crippen molar-refractivity contribution in [2.45, 2.75) is 33.1 Å². The fourth-order valence-electron chi connectivity index (χ4n) is 1.78. The van der Waals surface area contributed by atoms with Crippen molar-refractivity contribution in [3.05, 3.63) is 35.9 Å². The molecule has 1 aromatic rings. The summed E-state index contributed by atoms with van der Waals surface area (Å²) in [6, 6.07) is 6.02. The predicted octanol–water partition coefficient (Wildman–Crippen LogP) is 4.86. The van der Waals surface area contributed by atoms with Gasteiger partial charge >= 0.3 is 6.36 Å². The molecule has 0 saturated heterocycles. The summed E-state index contributed by atoms with van der Waals surface area (Å²) in [5, 5.41) is 0. The molecule has 20 heavy (non-hydrogen) atoms. The molecule has 0 radical (unpaired) electrons. The number of hydrogen-bond acceptors (Lipinski definition) is 2. The Morgan fingerprint density at radius 3 is 2.60 bits per heavy atom. The molecule has 5 heteroatoms. The van der Waals surface area contributed by atoms with Crippen LogP contribution < -0.4 is 4.74 Å². The van der Waals surface area contributed by atoms with Gasteiger partial charge in [0.25, 0.3) is 0 Å². The lowest BCUT2D eigenvalue weighted by molar-refractivity contribution is -0.274. The molecule has 0 aromatic heterocycles. The van der Waals surface area contributed by atoms with Crippen molar-refractivity contribution in [1.82, 2.24) is 0 Å². The lowest BCUT2D eigenvalue weighted by Gasteiger charge is -2.12. The first-order chi connectivity index (χ1) is 9.35. The van der Waals surface area contributed by atoms with Crippen LogP contribution in [0.5, 0.6) is 5.75 Å². The van der Waals surface area contributed by atoms with Crippen LogP contribution >= 0.6 is 0 Å². The van der Waals surface area contributed by atoms with Gasteiger partial charge in [-0.15, -0.1) is 13.2 Å². The Hall–Kier alpha value is -1.78. The smallest absolute Gasteiger partial charge is 0.406 e. The minimum Gasteiger partial charge on any atom is -0.406 e. The Morgan fingerprint density at radius 2 is 2.05 bits per heavy atom. The van der Waals surface area contributed by atoms with E-state index >= 15 is 0 Å². The first-order valence-electron chi connectivity index (χ1n) is 6.36. The Kier molecular flexibility index (Phi) is 5.80. The van der Waals surface area contributed by atoms with Crippen molar-refractivity contribution in [3.63, 3.8) is 0 Å². The highest BCUT2D eigenvalue weighted by Gasteiger charge is 2.31. The van der Waals surface area contributed by atoms with Gasteiger partial charge in [0.2, 0.25) is 0 Å². The number of ether oxygens (including phenoxy) is 1. The van der Waals surface area contributed by atoms with Crippen molar-refractivity contribution >= 4 is 11.3 Å². The van der Waals surface area contributed by atoms with E-state index in [-0.39, 0.29) is 5.75 Å². The average Bonchev–Trinajstić information content (AvgIpc) is 2.36. The molecule has 0 aliphatic rings. The van der Waals surface area contributed by atoms with Crippen molar-refractivity contribution in [2.75, 3.05) is 7.05 Å². The summed E-state index contributed by atoms with van der Waals surface area (Å²) in [4.78, 5) is 4.05. The summed E-state index contributed by atoms with van der Waals surface area (Å²) in [5.74, 6) is -0.205. The molecule has 0 atom stereocenters. The van der Waals surface area contributed by atoms with Crippen LogP contribution in [0, 0.1) is 0 Å². The zero-order valence-electron chi connectivity index (χ0n) is 11.8. The number of alkyl halides is 3. The molecule has 1 aromatic carbocycles. The molecule has 0 aliphatic heterocycles. The highest BCUT2D eigenvalue weighted by atomic mass is 19.4. The van der Waals surface area contributed by atoms with Crippen molar-refractivity contribution < 1.29 is 17.9 Å². The molecule has 0 saturated carbocycles. The summed E-state index contributed by atoms with van der Waals surface area (Å²) in [6.07, 6.45) is -1.13. The molecule has 0 heterocycles. The van der Waals surface area contributed by atoms with Gasteiger partial charge in [-0.3, -0.25) is 4.99 Å². The van der Waals surface area contributed by atoms with E-state index in [1.807, 2.05) is 19.9 Å². The monoisotopic (exact) mass is 285 g/mol. The summed E-state index contributed by atoms with van der Waals surface area (Å²) >= 11 is 0. The molecule has 0 aliphatic carbocycles. The zero-order valence-corrected chi connectivity index (χ0v) is 11.8. The number of benzene rings is 1. The molecule has 1 rings (SSSR count). The predicted molar refractivity (Wildman–Crippen MR) is 75.0 cm³/mol. The van der Waals surface area contributed by atoms with Gasteiger partial charge in [-0.1, -0.05) is 25.5 Å². The number of hydrogen-bond donors (Lipinski definition) is 0. The maximum atomic E-state index is 12.2. The van der Waals surface area contributed by atoms with Gasteiger partial charge in [0.05, 0.1) is 0 Å². The maximum absolute atomic E-state index is 12.2. The standard InChI is InChI=1S/C15H18F3NO/c1-4-6-12(9-11(2)19-3)13-7-5-8-14(10-13)20-15(16,17)18/h5,7-10H,4,6H2,1-3H3/b12-9+,19-11-. The molecule has 0 bridgehead atoms. The summed E-state index contributed by atoms with van der Waals surface area (Å²) in [7, 11) is 1.68. The Morgan fingerprint density at radius 1 is 1.35 bits per heavy atom. The van der Waals surface area contributed by atoms with Crippen molar-refractivity contribution in [3.8, 4) is 5.75 Å². The van der Waals surface area contributed by atoms with E-state index in [1.165, 1.54) is 12.1 Å². The highest BCUT2D eigenvalue weighted by molar-refractivity contribution is 5.99. The van der Waals surface area contributed by atoms with Crippen LogP contribution in [-0.2, 0) is 0 Å². The third-order valence-electron chi connectivity index (χ3n) is 2.69. The third kappa shape index (κ3) is 5.47. The number of nitrogens with zero attached hydrogens (tertiary/aromatic N) is 1. The fraction of sp³-hybridized carbons (Fsp3) is 0.400. The Balaban J connectivity index is 3.09. The van der Waals surface area contributed by atoms with E-state index in [9.17, 15) is 13.2 Å². The lowest BCUT2D eigenvalue weighted by Crippen LogP contribution is -2.17. The van der Waals surface area contributed by atoms with E-state index < -0.39 is 6.36 Å². The first-order valence-corrected chi connectivity index (χ1v) is 6.36. The minimum atomic E-state index is -4.67. The summed E-state index contributed by atoms with van der Waals surface area (Å²) in [6.45, 7) is 3.87. The number of rotatable bonds is 5. The maximum Gasteiger partial charge on any atom is 0.573 e. The molecule has 0 unspecified atom stereocenters. The van der Waals surface area contributed by atoms with Crippen molar-refractivity contribution in [2.24, 2.45) is 4.99 Å². The van der Waals surface area contributed by atoms with Gasteiger partial charge in [-0.05, 0) is 42.7 Å². The van der Waals surface area contributed by atoms with E-state index in [2.05, 4.69) is 9.73 Å². The molecular weight excluding hydrogens is 267 g/mol. The van der Waals surface area contributed by atoms with Crippen LogP contribution in [0.4, 0.5) is 13.2 Å². The van der Waals surface area contributed by atoms with Gasteiger partial charge in [0.1, 0.15) is 5.75 Å². The van der Waals surface area contributed by atoms with Gasteiger partial charge in [-0.25, -0.2) is 0 Å². The summed E-state index contributed by atoms with van der Waals surface area (Å²) in [5.41, 5.74) is 2.50. The normalized spacial score (nSPS) is 13.5. The quantitative estimate of drug-likeness (QED) is 0.708. The topological polar surface area (TPSA) is 21.6 Å². The highest BCUT2D eigenvalue weighted by Crippen LogP contribution is 2.27. The van der Waals surface area contributed by atoms with E-state index in [0.717, 1.165) is 29.7 Å². The second kappa shape index (κ2) is 7.12. The molecule has 0 fully saturated rings. The van der Waals surface area contributed by atoms with E-state index in [0.29, 0.717) is 0 Å². The largest absolute Gasteiger partial charge is 0.573 e. The molecular formula is C15H18F3NO. The molecule has 0 N–H and O–H groups in total. The fourth-order valence-corrected chi connectivity index (χ4v) is 1.78. The summed E-state index contributed by atoms with van der Waals surface area (Å²) < 4.78 is 40.6. The Bertz CT molecular complexity index is 504. The molecule has 0 spiro atoms. The third-order valence-corrected chi connectivity index (χ3v) is 2.69. The molecule has 0 amide bonds. The van der Waals surface area contributed by atoms with Gasteiger partial charge < -0.3 is 4.74 Å². The zero-order chi connectivity index (χ0) is 15.2. The van der Waals surface area contributed by atoms with Gasteiger partial charge in [0.15, 0.2) is 0 Å². The SMILES string of the molecule is CCC/C(=C\C(C)=N/C)c1cccc(OC(F)(F)F)c1. The second-order valence-corrected chi connectivity index (χ2v) is 4.36. The van der Waals surface area contributed by atoms with Crippen molar-refractivity contribution in [1.29, 1.82) is 0 Å². The number of allylic oxidation sites excluding steroid dienone is 2. The van der Waals surface area contributed by atoms with E-state index in [1.54, 1.807) is 19.2 Å². The minimum absolute atomic E-state index is 0.205. The van der Waals surface area contributed by atoms with Gasteiger partial charge in [0, 0.05) is 12.8 Å². The second-order valence-electron chi connectivity index (χ2n) is 4.36. The van der Waals surface area contributed by atoms with Crippen LogP contribution in [0.2, 0.25) is 0 Å². The van der Waals surface area contributed by atoms with Crippen LogP contribution in [0.3, 0.4) is 0 Å². The average molecular weight is 285 g/mol. The number of halogens is 3. The Labute approximate surface area is 117 Å². The van der Waals surface area contributed by atoms with Gasteiger partial charge in [-0.2, -0.15) is 0 Å². The van der Waals surface area contributed by atoms with Crippen LogP contribution in [0.15, 0.2) is 35.3 Å². The van der Waals surface area contributed by atoms with E-state index in [4.69, 9.17) is 0 Å². The molecule has 2 nitrogen and oxygen atoms in total.